The Bertz CT molecular complexity index is 1800. The maximum absolute atomic E-state index is 14.0. The van der Waals surface area contributed by atoms with E-state index in [4.69, 9.17) is 15.2 Å². The second kappa shape index (κ2) is 10.8. The number of aromatic amines is 1. The molecule has 1 aliphatic rings. The molecule has 4 N–H and O–H groups in total. The first-order valence-electron chi connectivity index (χ1n) is 13.2. The molecule has 0 bridgehead atoms. The number of aliphatic hydroxyl groups is 1. The number of hydrogen-bond donors (Lipinski definition) is 3. The lowest BCUT2D eigenvalue weighted by molar-refractivity contribution is -0.0495. The summed E-state index contributed by atoms with van der Waals surface area (Å²) in [7, 11) is 0. The SMILES string of the molecule is Cc1cc(Oc2ccccc2F)ccc1-n1ncc(C(=O)c2cc3cc(OC(F)F)c(N4CCCC4O)cc3[nH]2)c1N. The molecule has 2 aromatic heterocycles. The maximum Gasteiger partial charge on any atom is 0.387 e. The van der Waals surface area contributed by atoms with Crippen LogP contribution < -0.4 is 20.1 Å². The number of para-hydroxylation sites is 1. The fourth-order valence-corrected chi connectivity index (χ4v) is 5.17. The van der Waals surface area contributed by atoms with Gasteiger partial charge in [-0.2, -0.15) is 13.9 Å². The molecule has 3 aromatic carbocycles. The summed E-state index contributed by atoms with van der Waals surface area (Å²) in [4.78, 5) is 18.1. The van der Waals surface area contributed by atoms with Gasteiger partial charge in [0, 0.05) is 17.4 Å². The zero-order valence-electron chi connectivity index (χ0n) is 22.4. The second-order valence-electron chi connectivity index (χ2n) is 9.95. The number of ketones is 1. The van der Waals surface area contributed by atoms with Crippen LogP contribution in [0.3, 0.4) is 0 Å². The van der Waals surface area contributed by atoms with Crippen molar-refractivity contribution in [1.82, 2.24) is 14.8 Å². The van der Waals surface area contributed by atoms with Gasteiger partial charge in [0.25, 0.3) is 0 Å². The minimum atomic E-state index is -3.06. The lowest BCUT2D eigenvalue weighted by Gasteiger charge is -2.25. The van der Waals surface area contributed by atoms with E-state index >= 15 is 0 Å². The summed E-state index contributed by atoms with van der Waals surface area (Å²) in [6, 6.07) is 15.6. The van der Waals surface area contributed by atoms with Crippen LogP contribution in [0.15, 0.2) is 66.9 Å². The number of aromatic nitrogens is 3. The van der Waals surface area contributed by atoms with Crippen LogP contribution in [0.5, 0.6) is 17.2 Å². The highest BCUT2D eigenvalue weighted by Crippen LogP contribution is 2.38. The molecular formula is C30H26F3N5O4. The number of nitrogens with one attached hydrogen (secondary N) is 1. The predicted molar refractivity (Wildman–Crippen MR) is 150 cm³/mol. The number of carbonyl (C=O) groups is 1. The fourth-order valence-electron chi connectivity index (χ4n) is 5.17. The van der Waals surface area contributed by atoms with Crippen LogP contribution in [0.1, 0.15) is 34.5 Å². The molecule has 0 aliphatic carbocycles. The minimum Gasteiger partial charge on any atom is -0.454 e. The Morgan fingerprint density at radius 2 is 1.93 bits per heavy atom. The fraction of sp³-hybridized carbons (Fsp3) is 0.200. The van der Waals surface area contributed by atoms with Gasteiger partial charge in [-0.3, -0.25) is 4.79 Å². The van der Waals surface area contributed by atoms with E-state index in [1.54, 1.807) is 48.2 Å². The Morgan fingerprint density at radius 3 is 2.64 bits per heavy atom. The van der Waals surface area contributed by atoms with E-state index in [1.165, 1.54) is 35.1 Å². The number of H-pyrrole nitrogens is 1. The molecule has 1 fully saturated rings. The van der Waals surface area contributed by atoms with E-state index in [0.717, 1.165) is 0 Å². The van der Waals surface area contributed by atoms with Gasteiger partial charge in [-0.25, -0.2) is 9.07 Å². The number of carbonyl (C=O) groups excluding carboxylic acids is 1. The Labute approximate surface area is 237 Å². The zero-order chi connectivity index (χ0) is 29.5. The molecule has 1 atom stereocenters. The van der Waals surface area contributed by atoms with Crippen molar-refractivity contribution in [2.24, 2.45) is 0 Å². The van der Waals surface area contributed by atoms with E-state index in [-0.39, 0.29) is 28.6 Å². The maximum atomic E-state index is 14.0. The molecule has 9 nitrogen and oxygen atoms in total. The van der Waals surface area contributed by atoms with Gasteiger partial charge in [0.1, 0.15) is 23.5 Å². The van der Waals surface area contributed by atoms with Crippen LogP contribution in [0.2, 0.25) is 0 Å². The number of nitrogens with zero attached hydrogens (tertiary/aromatic N) is 3. The monoisotopic (exact) mass is 577 g/mol. The molecule has 3 heterocycles. The van der Waals surface area contributed by atoms with Crippen LogP contribution in [-0.2, 0) is 0 Å². The smallest absolute Gasteiger partial charge is 0.387 e. The van der Waals surface area contributed by atoms with E-state index in [9.17, 15) is 23.1 Å². The van der Waals surface area contributed by atoms with Crippen LogP contribution in [-0.4, -0.2) is 45.0 Å². The molecule has 0 spiro atoms. The van der Waals surface area contributed by atoms with Crippen LogP contribution in [0.25, 0.3) is 16.6 Å². The Hall–Kier alpha value is -4.97. The number of alkyl halides is 2. The summed E-state index contributed by atoms with van der Waals surface area (Å²) >= 11 is 0. The molecule has 0 saturated carbocycles. The van der Waals surface area contributed by atoms with E-state index in [1.807, 2.05) is 0 Å². The van der Waals surface area contributed by atoms with Crippen molar-refractivity contribution < 1.29 is 32.5 Å². The molecule has 0 radical (unpaired) electrons. The van der Waals surface area contributed by atoms with E-state index in [0.29, 0.717) is 53.0 Å². The topological polar surface area (TPSA) is 119 Å². The van der Waals surface area contributed by atoms with Gasteiger partial charge in [0.05, 0.1) is 28.8 Å². The number of halogens is 3. The zero-order valence-corrected chi connectivity index (χ0v) is 22.4. The number of fused-ring (bicyclic) bond motifs is 1. The second-order valence-corrected chi connectivity index (χ2v) is 9.95. The molecule has 1 aliphatic heterocycles. The molecule has 5 aromatic rings. The Kier molecular flexibility index (Phi) is 6.99. The van der Waals surface area contributed by atoms with E-state index < -0.39 is 24.4 Å². The first-order chi connectivity index (χ1) is 20.2. The number of aryl methyl sites for hydroxylation is 1. The predicted octanol–water partition coefficient (Wildman–Crippen LogP) is 5.93. The largest absolute Gasteiger partial charge is 0.454 e. The van der Waals surface area contributed by atoms with Crippen LogP contribution in [0.4, 0.5) is 24.7 Å². The summed E-state index contributed by atoms with van der Waals surface area (Å²) in [5, 5.41) is 15.1. The number of anilines is 2. The number of benzene rings is 3. The van der Waals surface area contributed by atoms with Crippen LogP contribution >= 0.6 is 0 Å². The van der Waals surface area contributed by atoms with Gasteiger partial charge >= 0.3 is 6.61 Å². The van der Waals surface area contributed by atoms with Crippen molar-refractivity contribution in [3.63, 3.8) is 0 Å². The molecule has 6 rings (SSSR count). The van der Waals surface area contributed by atoms with Crippen molar-refractivity contribution in [2.75, 3.05) is 17.2 Å². The summed E-state index contributed by atoms with van der Waals surface area (Å²) in [5.74, 6) is -0.443. The Morgan fingerprint density at radius 1 is 1.12 bits per heavy atom. The van der Waals surface area contributed by atoms with Gasteiger partial charge in [-0.15, -0.1) is 0 Å². The highest BCUT2D eigenvalue weighted by Gasteiger charge is 2.27. The number of nitrogens with two attached hydrogens (primary N) is 1. The lowest BCUT2D eigenvalue weighted by atomic mass is 10.1. The van der Waals surface area contributed by atoms with Crippen molar-refractivity contribution in [3.05, 3.63) is 89.5 Å². The molecule has 0 amide bonds. The molecule has 12 heteroatoms. The molecule has 1 unspecified atom stereocenters. The molecule has 42 heavy (non-hydrogen) atoms. The summed E-state index contributed by atoms with van der Waals surface area (Å²) in [6.45, 7) is -0.780. The summed E-state index contributed by atoms with van der Waals surface area (Å²) in [6.07, 6.45) is 1.73. The van der Waals surface area contributed by atoms with Gasteiger partial charge < -0.3 is 30.2 Å². The van der Waals surface area contributed by atoms with Gasteiger partial charge in [-0.1, -0.05) is 12.1 Å². The summed E-state index contributed by atoms with van der Waals surface area (Å²) < 4.78 is 52.2. The number of nitrogen functional groups attached to an aromatic ring is 1. The van der Waals surface area contributed by atoms with Crippen molar-refractivity contribution in [3.8, 4) is 22.9 Å². The standard InChI is InChI=1S/C30H26F3N5O4/c1-16-11-18(41-25-6-3-2-5-20(25)31)8-9-23(16)38-29(34)19(15-35-38)28(40)22-12-17-13-26(42-30(32)33)24(14-21(17)36-22)37-10-4-7-27(37)39/h2-3,5-6,8-9,11-15,27,30,36,39H,4,7,10,34H2,1H3. The third-order valence-corrected chi connectivity index (χ3v) is 7.20. The third kappa shape index (κ3) is 5.00. The average Bonchev–Trinajstić information content (AvgIpc) is 3.67. The van der Waals surface area contributed by atoms with Gasteiger partial charge in [-0.05, 0) is 73.9 Å². The van der Waals surface area contributed by atoms with E-state index in [2.05, 4.69) is 10.1 Å². The highest BCUT2D eigenvalue weighted by molar-refractivity contribution is 6.12. The molecule has 1 saturated heterocycles. The van der Waals surface area contributed by atoms with Crippen LogP contribution in [0, 0.1) is 12.7 Å². The van der Waals surface area contributed by atoms with Crippen molar-refractivity contribution in [1.29, 1.82) is 0 Å². The normalized spacial score (nSPS) is 15.1. The first-order valence-corrected chi connectivity index (χ1v) is 13.2. The number of ether oxygens (including phenoxy) is 2. The number of rotatable bonds is 8. The Balaban J connectivity index is 1.29. The molecule has 216 valence electrons. The third-order valence-electron chi connectivity index (χ3n) is 7.20. The van der Waals surface area contributed by atoms with Crippen molar-refractivity contribution >= 4 is 28.2 Å². The number of hydrogen-bond acceptors (Lipinski definition) is 7. The first kappa shape index (κ1) is 27.2. The van der Waals surface area contributed by atoms with Gasteiger partial charge in [0.15, 0.2) is 11.6 Å². The average molecular weight is 578 g/mol. The molecular weight excluding hydrogens is 551 g/mol. The number of aliphatic hydroxyl groups excluding tert-OH is 1. The summed E-state index contributed by atoms with van der Waals surface area (Å²) in [5.41, 5.74) is 8.78. The quantitative estimate of drug-likeness (QED) is 0.196. The minimum absolute atomic E-state index is 0.0890. The lowest BCUT2D eigenvalue weighted by Crippen LogP contribution is -2.29. The highest BCUT2D eigenvalue weighted by atomic mass is 19.3. The van der Waals surface area contributed by atoms with Crippen molar-refractivity contribution in [2.45, 2.75) is 32.6 Å². The van der Waals surface area contributed by atoms with Gasteiger partial charge in [0.2, 0.25) is 5.78 Å².